The predicted octanol–water partition coefficient (Wildman–Crippen LogP) is 2.61. The van der Waals surface area contributed by atoms with Crippen molar-refractivity contribution in [2.75, 3.05) is 0 Å². The summed E-state index contributed by atoms with van der Waals surface area (Å²) >= 11 is 0. The second kappa shape index (κ2) is 10.3. The average Bonchev–Trinajstić information content (AvgIpc) is 2.09. The van der Waals surface area contributed by atoms with E-state index in [1.54, 1.807) is 6.92 Å². The summed E-state index contributed by atoms with van der Waals surface area (Å²) < 4.78 is 0. The Bertz CT molecular complexity index is 115. The number of carbonyl (C=O) groups excluding carboxylic acids is 2. The molecule has 0 rings (SSSR count). The van der Waals surface area contributed by atoms with Crippen molar-refractivity contribution in [2.45, 2.75) is 47.0 Å². The Balaban J connectivity index is 0. The van der Waals surface area contributed by atoms with Crippen LogP contribution in [0.3, 0.4) is 0 Å². The molecule has 0 unspecified atom stereocenters. The van der Waals surface area contributed by atoms with E-state index < -0.39 is 0 Å². The minimum Gasteiger partial charge on any atom is -0.303 e. The van der Waals surface area contributed by atoms with Gasteiger partial charge in [0.05, 0.1) is 0 Å². The van der Waals surface area contributed by atoms with E-state index in [1.807, 2.05) is 20.8 Å². The van der Waals surface area contributed by atoms with Crippen LogP contribution in [-0.2, 0) is 9.59 Å². The van der Waals surface area contributed by atoms with Gasteiger partial charge in [-0.15, -0.1) is 0 Å². The summed E-state index contributed by atoms with van der Waals surface area (Å²) in [4.78, 5) is 19.8. The Morgan fingerprint density at radius 3 is 1.58 bits per heavy atom. The Morgan fingerprint density at radius 2 is 1.58 bits per heavy atom. The van der Waals surface area contributed by atoms with Crippen LogP contribution in [0, 0.1) is 5.92 Å². The predicted molar refractivity (Wildman–Crippen MR) is 51.1 cm³/mol. The van der Waals surface area contributed by atoms with E-state index in [4.69, 9.17) is 0 Å². The lowest BCUT2D eigenvalue weighted by atomic mass is 10.1. The van der Waals surface area contributed by atoms with Gasteiger partial charge in [-0.25, -0.2) is 0 Å². The number of Topliss-reactive ketones (excluding diaryl/α,β-unsaturated/α-hetero) is 1. The number of hydrogen-bond donors (Lipinski definition) is 0. The quantitative estimate of drug-likeness (QED) is 0.611. The second-order valence-electron chi connectivity index (χ2n) is 2.77. The first-order chi connectivity index (χ1) is 5.62. The first-order valence-electron chi connectivity index (χ1n) is 4.56. The molecular weight excluding hydrogens is 152 g/mol. The van der Waals surface area contributed by atoms with Crippen molar-refractivity contribution in [3.8, 4) is 0 Å². The first-order valence-corrected chi connectivity index (χ1v) is 4.56. The lowest BCUT2D eigenvalue weighted by Crippen LogP contribution is -1.95. The molecule has 0 aromatic heterocycles. The maximum atomic E-state index is 9.97. The lowest BCUT2D eigenvalue weighted by molar-refractivity contribution is -0.116. The van der Waals surface area contributed by atoms with Crippen LogP contribution >= 0.6 is 0 Å². The Hall–Kier alpha value is -0.660. The van der Waals surface area contributed by atoms with Gasteiger partial charge in [0, 0.05) is 12.3 Å². The van der Waals surface area contributed by atoms with Gasteiger partial charge >= 0.3 is 0 Å². The molecule has 0 amide bonds. The maximum Gasteiger partial charge on any atom is 0.129 e. The summed E-state index contributed by atoms with van der Waals surface area (Å²) in [6, 6.07) is 0. The zero-order valence-electron chi connectivity index (χ0n) is 8.59. The van der Waals surface area contributed by atoms with E-state index in [1.165, 1.54) is 0 Å². The highest BCUT2D eigenvalue weighted by molar-refractivity contribution is 5.74. The van der Waals surface area contributed by atoms with Crippen molar-refractivity contribution < 1.29 is 9.59 Å². The van der Waals surface area contributed by atoms with Crippen LogP contribution in [0.4, 0.5) is 0 Å². The molecule has 0 fully saturated rings. The van der Waals surface area contributed by atoms with Gasteiger partial charge in [-0.1, -0.05) is 20.8 Å². The molecule has 0 aliphatic carbocycles. The van der Waals surface area contributed by atoms with Gasteiger partial charge < -0.3 is 9.59 Å². The van der Waals surface area contributed by atoms with Crippen LogP contribution in [0.5, 0.6) is 0 Å². The molecule has 12 heavy (non-hydrogen) atoms. The summed E-state index contributed by atoms with van der Waals surface area (Å²) in [7, 11) is 0. The summed E-state index contributed by atoms with van der Waals surface area (Å²) in [5.41, 5.74) is 0. The SMILES string of the molecule is CCC(C)=O.CCC(C=O)CC. The number of ketones is 1. The van der Waals surface area contributed by atoms with Crippen molar-refractivity contribution in [2.24, 2.45) is 5.92 Å². The van der Waals surface area contributed by atoms with Crippen molar-refractivity contribution >= 4 is 12.1 Å². The average molecular weight is 172 g/mol. The zero-order chi connectivity index (χ0) is 9.98. The standard InChI is InChI=1S/C6H12O.C4H8O/c1-3-6(4-2)5-7;1-3-4(2)5/h5-6H,3-4H2,1-2H3;3H2,1-2H3. The van der Waals surface area contributed by atoms with E-state index in [-0.39, 0.29) is 5.78 Å². The first kappa shape index (κ1) is 13.9. The van der Waals surface area contributed by atoms with E-state index in [0.29, 0.717) is 12.3 Å². The molecular formula is C10H20O2. The summed E-state index contributed by atoms with van der Waals surface area (Å²) in [5.74, 6) is 0.560. The van der Waals surface area contributed by atoms with Gasteiger partial charge in [0.25, 0.3) is 0 Å². The van der Waals surface area contributed by atoms with Gasteiger partial charge in [-0.3, -0.25) is 0 Å². The largest absolute Gasteiger partial charge is 0.303 e. The van der Waals surface area contributed by atoms with Crippen molar-refractivity contribution in [1.29, 1.82) is 0 Å². The molecule has 0 saturated heterocycles. The second-order valence-corrected chi connectivity index (χ2v) is 2.77. The molecule has 0 aromatic carbocycles. The van der Waals surface area contributed by atoms with Crippen LogP contribution in [0.1, 0.15) is 47.0 Å². The van der Waals surface area contributed by atoms with Crippen LogP contribution in [-0.4, -0.2) is 12.1 Å². The van der Waals surface area contributed by atoms with Crippen LogP contribution in [0.2, 0.25) is 0 Å². The highest BCUT2D eigenvalue weighted by Crippen LogP contribution is 2.01. The fourth-order valence-electron chi connectivity index (χ4n) is 0.481. The summed E-state index contributed by atoms with van der Waals surface area (Å²) in [6.07, 6.45) is 3.67. The highest BCUT2D eigenvalue weighted by Gasteiger charge is 1.96. The molecule has 0 aromatic rings. The smallest absolute Gasteiger partial charge is 0.129 e. The normalized spacial score (nSPS) is 8.75. The minimum atomic E-state index is 0.255. The van der Waals surface area contributed by atoms with Gasteiger partial charge in [-0.05, 0) is 19.8 Å². The molecule has 72 valence electrons. The molecule has 0 spiro atoms. The molecule has 0 radical (unpaired) electrons. The molecule has 0 aliphatic rings. The van der Waals surface area contributed by atoms with Gasteiger partial charge in [0.2, 0.25) is 0 Å². The van der Waals surface area contributed by atoms with Crippen molar-refractivity contribution in [1.82, 2.24) is 0 Å². The Morgan fingerprint density at radius 1 is 1.25 bits per heavy atom. The van der Waals surface area contributed by atoms with Gasteiger partial charge in [-0.2, -0.15) is 0 Å². The Labute approximate surface area is 75.4 Å². The van der Waals surface area contributed by atoms with Crippen LogP contribution < -0.4 is 0 Å². The van der Waals surface area contributed by atoms with Gasteiger partial charge in [0.15, 0.2) is 0 Å². The number of aldehydes is 1. The third kappa shape index (κ3) is 12.1. The van der Waals surface area contributed by atoms with E-state index in [0.717, 1.165) is 19.1 Å². The summed E-state index contributed by atoms with van der Waals surface area (Å²) in [6.45, 7) is 7.49. The molecule has 0 aliphatic heterocycles. The Kier molecular flexibility index (Phi) is 12.0. The maximum absolute atomic E-state index is 9.97. The number of hydrogen-bond acceptors (Lipinski definition) is 2. The molecule has 2 heteroatoms. The molecule has 0 atom stereocenters. The molecule has 0 N–H and O–H groups in total. The van der Waals surface area contributed by atoms with Crippen LogP contribution in [0.15, 0.2) is 0 Å². The molecule has 2 nitrogen and oxygen atoms in total. The number of carbonyl (C=O) groups is 2. The fourth-order valence-corrected chi connectivity index (χ4v) is 0.481. The van der Waals surface area contributed by atoms with E-state index in [9.17, 15) is 9.59 Å². The zero-order valence-corrected chi connectivity index (χ0v) is 8.59. The van der Waals surface area contributed by atoms with E-state index >= 15 is 0 Å². The van der Waals surface area contributed by atoms with Crippen molar-refractivity contribution in [3.05, 3.63) is 0 Å². The van der Waals surface area contributed by atoms with Crippen LogP contribution in [0.25, 0.3) is 0 Å². The minimum absolute atomic E-state index is 0.255. The molecule has 0 saturated carbocycles. The fraction of sp³-hybridized carbons (Fsp3) is 0.800. The van der Waals surface area contributed by atoms with Gasteiger partial charge in [0.1, 0.15) is 12.1 Å². The third-order valence-corrected chi connectivity index (χ3v) is 1.74. The molecule has 0 bridgehead atoms. The monoisotopic (exact) mass is 172 g/mol. The third-order valence-electron chi connectivity index (χ3n) is 1.74. The molecule has 0 heterocycles. The van der Waals surface area contributed by atoms with Crippen molar-refractivity contribution in [3.63, 3.8) is 0 Å². The highest BCUT2D eigenvalue weighted by atomic mass is 16.1. The number of rotatable bonds is 4. The summed E-state index contributed by atoms with van der Waals surface area (Å²) in [5, 5.41) is 0. The lowest BCUT2D eigenvalue weighted by Gasteiger charge is -1.97. The topological polar surface area (TPSA) is 34.1 Å². The van der Waals surface area contributed by atoms with E-state index in [2.05, 4.69) is 0 Å².